The summed E-state index contributed by atoms with van der Waals surface area (Å²) in [4.78, 5) is 14.0. The van der Waals surface area contributed by atoms with Gasteiger partial charge in [0.25, 0.3) is 0 Å². The van der Waals surface area contributed by atoms with E-state index in [1.165, 1.54) is 11.1 Å². The minimum absolute atomic E-state index is 0.231. The molecule has 0 saturated heterocycles. The first-order valence-electron chi connectivity index (χ1n) is 6.37. The second-order valence-corrected chi connectivity index (χ2v) is 6.12. The van der Waals surface area contributed by atoms with Gasteiger partial charge in [-0.05, 0) is 17.5 Å². The Kier molecular flexibility index (Phi) is 4.66. The molecule has 1 unspecified atom stereocenters. The maximum absolute atomic E-state index is 12.1. The molecule has 1 atom stereocenters. The van der Waals surface area contributed by atoms with E-state index >= 15 is 0 Å². The molecule has 1 aliphatic heterocycles. The predicted molar refractivity (Wildman–Crippen MR) is 76.5 cm³/mol. The molecule has 0 aliphatic carbocycles. The van der Waals surface area contributed by atoms with Crippen molar-refractivity contribution in [1.29, 1.82) is 0 Å². The van der Waals surface area contributed by atoms with Gasteiger partial charge in [-0.3, -0.25) is 4.79 Å². The van der Waals surface area contributed by atoms with E-state index in [1.54, 1.807) is 11.8 Å². The molecular weight excluding hydrogens is 244 g/mol. The van der Waals surface area contributed by atoms with Gasteiger partial charge in [0.1, 0.15) is 0 Å². The molecule has 0 spiro atoms. The van der Waals surface area contributed by atoms with Crippen molar-refractivity contribution in [3.05, 3.63) is 35.4 Å². The molecule has 0 aromatic heterocycles. The average Bonchev–Trinajstić information content (AvgIpc) is 2.43. The van der Waals surface area contributed by atoms with Gasteiger partial charge in [-0.2, -0.15) is 0 Å². The van der Waals surface area contributed by atoms with Crippen LogP contribution in [0.2, 0.25) is 0 Å². The Morgan fingerprint density at radius 1 is 1.44 bits per heavy atom. The van der Waals surface area contributed by atoms with Crippen molar-refractivity contribution < 1.29 is 4.79 Å². The highest BCUT2D eigenvalue weighted by atomic mass is 32.2. The summed E-state index contributed by atoms with van der Waals surface area (Å²) < 4.78 is 0. The lowest BCUT2D eigenvalue weighted by Crippen LogP contribution is -2.37. The molecule has 0 fully saturated rings. The van der Waals surface area contributed by atoms with Crippen LogP contribution in [0.15, 0.2) is 24.3 Å². The molecule has 4 heteroatoms. The van der Waals surface area contributed by atoms with Crippen molar-refractivity contribution in [1.82, 2.24) is 4.90 Å². The quantitative estimate of drug-likeness (QED) is 0.899. The van der Waals surface area contributed by atoms with Crippen LogP contribution in [0, 0.1) is 0 Å². The highest BCUT2D eigenvalue weighted by Gasteiger charge is 2.20. The molecule has 0 saturated carbocycles. The first kappa shape index (κ1) is 13.4. The molecule has 98 valence electrons. The smallest absolute Gasteiger partial charge is 0.232 e. The molecular formula is C14H20N2OS. The van der Waals surface area contributed by atoms with Gasteiger partial charge in [0.2, 0.25) is 5.91 Å². The van der Waals surface area contributed by atoms with Crippen LogP contribution >= 0.6 is 11.8 Å². The summed E-state index contributed by atoms with van der Waals surface area (Å²) in [5, 5.41) is 0.353. The number of thioether (sulfide) groups is 1. The van der Waals surface area contributed by atoms with Crippen LogP contribution in [0.25, 0.3) is 0 Å². The first-order chi connectivity index (χ1) is 8.70. The number of nitrogens with zero attached hydrogens (tertiary/aromatic N) is 1. The zero-order valence-electron chi connectivity index (χ0n) is 10.8. The maximum Gasteiger partial charge on any atom is 0.232 e. The van der Waals surface area contributed by atoms with Crippen molar-refractivity contribution in [2.45, 2.75) is 25.1 Å². The van der Waals surface area contributed by atoms with Crippen molar-refractivity contribution in [2.75, 3.05) is 18.8 Å². The number of rotatable bonds is 4. The summed E-state index contributed by atoms with van der Waals surface area (Å²) >= 11 is 1.64. The van der Waals surface area contributed by atoms with E-state index in [0.717, 1.165) is 19.5 Å². The number of nitrogens with two attached hydrogens (primary N) is 1. The number of fused-ring (bicyclic) bond motifs is 1. The molecule has 0 bridgehead atoms. The third kappa shape index (κ3) is 3.27. The van der Waals surface area contributed by atoms with Gasteiger partial charge in [-0.15, -0.1) is 11.8 Å². The summed E-state index contributed by atoms with van der Waals surface area (Å²) in [7, 11) is 0. The number of amides is 1. The number of benzene rings is 1. The lowest BCUT2D eigenvalue weighted by atomic mass is 10.00. The molecule has 18 heavy (non-hydrogen) atoms. The molecule has 1 aliphatic rings. The predicted octanol–water partition coefficient (Wildman–Crippen LogP) is 1.65. The van der Waals surface area contributed by atoms with E-state index in [0.29, 0.717) is 17.5 Å². The van der Waals surface area contributed by atoms with Crippen molar-refractivity contribution in [3.8, 4) is 0 Å². The zero-order chi connectivity index (χ0) is 13.0. The Bertz CT molecular complexity index is 422. The topological polar surface area (TPSA) is 46.3 Å². The SMILES string of the molecule is CC(CN)SCC(=O)N1CCc2ccccc2C1. The maximum atomic E-state index is 12.1. The van der Waals surface area contributed by atoms with Gasteiger partial charge in [-0.25, -0.2) is 0 Å². The van der Waals surface area contributed by atoms with Crippen LogP contribution in [-0.4, -0.2) is 34.9 Å². The van der Waals surface area contributed by atoms with E-state index in [9.17, 15) is 4.79 Å². The van der Waals surface area contributed by atoms with E-state index in [2.05, 4.69) is 25.1 Å². The Hall–Kier alpha value is -1.00. The van der Waals surface area contributed by atoms with Crippen LogP contribution in [0.5, 0.6) is 0 Å². The first-order valence-corrected chi connectivity index (χ1v) is 7.42. The Labute approximate surface area is 113 Å². The van der Waals surface area contributed by atoms with E-state index in [-0.39, 0.29) is 5.91 Å². The minimum Gasteiger partial charge on any atom is -0.337 e. The van der Waals surface area contributed by atoms with Crippen molar-refractivity contribution in [3.63, 3.8) is 0 Å². The normalized spacial score (nSPS) is 16.2. The van der Waals surface area contributed by atoms with Gasteiger partial charge in [0.15, 0.2) is 0 Å². The lowest BCUT2D eigenvalue weighted by Gasteiger charge is -2.29. The molecule has 1 aromatic rings. The summed E-state index contributed by atoms with van der Waals surface area (Å²) in [5.41, 5.74) is 8.22. The molecule has 1 amide bonds. The fourth-order valence-corrected chi connectivity index (χ4v) is 2.83. The van der Waals surface area contributed by atoms with Crippen LogP contribution < -0.4 is 5.73 Å². The molecule has 2 N–H and O–H groups in total. The third-order valence-corrected chi connectivity index (χ3v) is 4.48. The molecule has 3 nitrogen and oxygen atoms in total. The van der Waals surface area contributed by atoms with E-state index in [1.807, 2.05) is 11.0 Å². The molecule has 1 aromatic carbocycles. The average molecular weight is 264 g/mol. The van der Waals surface area contributed by atoms with E-state index in [4.69, 9.17) is 5.73 Å². The monoisotopic (exact) mass is 264 g/mol. The fraction of sp³-hybridized carbons (Fsp3) is 0.500. The minimum atomic E-state index is 0.231. The largest absolute Gasteiger partial charge is 0.337 e. The Morgan fingerprint density at radius 3 is 2.89 bits per heavy atom. The zero-order valence-corrected chi connectivity index (χ0v) is 11.6. The Morgan fingerprint density at radius 2 is 2.17 bits per heavy atom. The standard InChI is InChI=1S/C14H20N2OS/c1-11(8-15)18-10-14(17)16-7-6-12-4-2-3-5-13(12)9-16/h2-5,11H,6-10,15H2,1H3. The van der Waals surface area contributed by atoms with Crippen LogP contribution in [0.4, 0.5) is 0 Å². The fourth-order valence-electron chi connectivity index (χ4n) is 2.08. The van der Waals surface area contributed by atoms with Crippen molar-refractivity contribution in [2.24, 2.45) is 5.73 Å². The van der Waals surface area contributed by atoms with Crippen molar-refractivity contribution >= 4 is 17.7 Å². The highest BCUT2D eigenvalue weighted by Crippen LogP contribution is 2.19. The molecule has 0 radical (unpaired) electrons. The number of carbonyl (C=O) groups excluding carboxylic acids is 1. The van der Waals surface area contributed by atoms with Crippen LogP contribution in [0.1, 0.15) is 18.1 Å². The number of hydrogen-bond donors (Lipinski definition) is 1. The molecule has 1 heterocycles. The second-order valence-electron chi connectivity index (χ2n) is 4.69. The number of hydrogen-bond acceptors (Lipinski definition) is 3. The van der Waals surface area contributed by atoms with Crippen LogP contribution in [-0.2, 0) is 17.8 Å². The highest BCUT2D eigenvalue weighted by molar-refractivity contribution is 8.00. The molecule has 2 rings (SSSR count). The van der Waals surface area contributed by atoms with Crippen LogP contribution in [0.3, 0.4) is 0 Å². The van der Waals surface area contributed by atoms with Gasteiger partial charge < -0.3 is 10.6 Å². The van der Waals surface area contributed by atoms with Gasteiger partial charge >= 0.3 is 0 Å². The summed E-state index contributed by atoms with van der Waals surface area (Å²) in [6.07, 6.45) is 0.971. The van der Waals surface area contributed by atoms with Gasteiger partial charge in [-0.1, -0.05) is 31.2 Å². The van der Waals surface area contributed by atoms with Gasteiger partial charge in [0, 0.05) is 24.9 Å². The number of carbonyl (C=O) groups is 1. The summed E-state index contributed by atoms with van der Waals surface area (Å²) in [6.45, 7) is 4.28. The lowest BCUT2D eigenvalue weighted by molar-refractivity contribution is -0.129. The Balaban J connectivity index is 1.90. The summed E-state index contributed by atoms with van der Waals surface area (Å²) in [6, 6.07) is 8.37. The van der Waals surface area contributed by atoms with Gasteiger partial charge in [0.05, 0.1) is 5.75 Å². The summed E-state index contributed by atoms with van der Waals surface area (Å²) in [5.74, 6) is 0.773. The van der Waals surface area contributed by atoms with E-state index < -0.39 is 0 Å². The third-order valence-electron chi connectivity index (χ3n) is 3.31. The second kappa shape index (κ2) is 6.25.